The molecule has 0 saturated carbocycles. The van der Waals surface area contributed by atoms with Gasteiger partial charge in [-0.2, -0.15) is 5.26 Å². The highest BCUT2D eigenvalue weighted by molar-refractivity contribution is 9.10. The molecule has 0 N–H and O–H groups in total. The quantitative estimate of drug-likeness (QED) is 0.219. The smallest absolute Gasteiger partial charge is 0.340 e. The molecule has 0 amide bonds. The molecule has 176 valence electrons. The van der Waals surface area contributed by atoms with Crippen LogP contribution < -0.4 is 0 Å². The third-order valence-electron chi connectivity index (χ3n) is 5.73. The summed E-state index contributed by atoms with van der Waals surface area (Å²) in [4.78, 5) is 25.8. The molecule has 0 radical (unpaired) electrons. The van der Waals surface area contributed by atoms with E-state index in [-0.39, 0.29) is 18.8 Å². The van der Waals surface area contributed by atoms with E-state index in [1.807, 2.05) is 66.1 Å². The van der Waals surface area contributed by atoms with Gasteiger partial charge >= 0.3 is 11.9 Å². The SMILES string of the molecule is CCOC(=O)/C=C(\C(=O)OCC)c1c2c(C#N)c3cccccc-3c2c(C)n1-c1ccc(Br)cc1. The monoisotopic (exact) mass is 530 g/mol. The first-order valence-electron chi connectivity index (χ1n) is 11.2. The minimum Gasteiger partial charge on any atom is -0.463 e. The first kappa shape index (κ1) is 24.2. The first-order valence-corrected chi connectivity index (χ1v) is 12.0. The molecule has 0 bridgehead atoms. The van der Waals surface area contributed by atoms with Crippen LogP contribution in [0.2, 0.25) is 0 Å². The van der Waals surface area contributed by atoms with E-state index in [4.69, 9.17) is 9.47 Å². The van der Waals surface area contributed by atoms with Gasteiger partial charge in [0, 0.05) is 38.3 Å². The maximum atomic E-state index is 13.2. The minimum atomic E-state index is -0.669. The topological polar surface area (TPSA) is 81.3 Å². The number of rotatable bonds is 6. The molecule has 0 unspecified atom stereocenters. The molecule has 35 heavy (non-hydrogen) atoms. The number of carbonyl (C=O) groups is 2. The minimum absolute atomic E-state index is 0.0301. The van der Waals surface area contributed by atoms with E-state index in [9.17, 15) is 14.9 Å². The number of aromatic nitrogens is 1. The second-order valence-electron chi connectivity index (χ2n) is 7.75. The summed E-state index contributed by atoms with van der Waals surface area (Å²) in [6, 6.07) is 19.5. The number of nitriles is 1. The molecule has 6 nitrogen and oxygen atoms in total. The number of esters is 2. The van der Waals surface area contributed by atoms with E-state index < -0.39 is 11.9 Å². The van der Waals surface area contributed by atoms with Crippen molar-refractivity contribution in [3.05, 3.63) is 82.1 Å². The van der Waals surface area contributed by atoms with Crippen LogP contribution in [0.4, 0.5) is 0 Å². The lowest BCUT2D eigenvalue weighted by Gasteiger charge is -2.15. The Morgan fingerprint density at radius 2 is 1.63 bits per heavy atom. The fourth-order valence-electron chi connectivity index (χ4n) is 4.40. The molecule has 4 rings (SSSR count). The van der Waals surface area contributed by atoms with Gasteiger partial charge in [-0.1, -0.05) is 46.3 Å². The maximum Gasteiger partial charge on any atom is 0.340 e. The van der Waals surface area contributed by atoms with Crippen molar-refractivity contribution in [2.24, 2.45) is 0 Å². The Morgan fingerprint density at radius 3 is 2.26 bits per heavy atom. The molecule has 0 aliphatic heterocycles. The molecule has 1 heterocycles. The highest BCUT2D eigenvalue weighted by Crippen LogP contribution is 2.46. The Hall–Kier alpha value is -3.89. The Bertz CT molecular complexity index is 1480. The van der Waals surface area contributed by atoms with E-state index in [0.29, 0.717) is 16.6 Å². The predicted octanol–water partition coefficient (Wildman–Crippen LogP) is 6.19. The van der Waals surface area contributed by atoms with Crippen LogP contribution in [0.3, 0.4) is 0 Å². The molecule has 1 aromatic carbocycles. The second kappa shape index (κ2) is 10.2. The van der Waals surface area contributed by atoms with Gasteiger partial charge in [-0.3, -0.25) is 0 Å². The van der Waals surface area contributed by atoms with Gasteiger partial charge < -0.3 is 14.0 Å². The zero-order chi connectivity index (χ0) is 25.1. The van der Waals surface area contributed by atoms with Crippen LogP contribution in [0.5, 0.6) is 0 Å². The summed E-state index contributed by atoms with van der Waals surface area (Å²) in [5, 5.41) is 11.7. The highest BCUT2D eigenvalue weighted by atomic mass is 79.9. The van der Waals surface area contributed by atoms with Gasteiger partial charge in [-0.05, 0) is 50.6 Å². The number of benzene rings is 1. The van der Waals surface area contributed by atoms with Crippen molar-refractivity contribution in [3.63, 3.8) is 0 Å². The van der Waals surface area contributed by atoms with Gasteiger partial charge in [-0.25, -0.2) is 9.59 Å². The van der Waals surface area contributed by atoms with Crippen molar-refractivity contribution in [1.29, 1.82) is 5.26 Å². The fraction of sp³-hybridized carbons (Fsp3) is 0.179. The number of fused-ring (bicyclic) bond motifs is 3. The average molecular weight is 531 g/mol. The van der Waals surface area contributed by atoms with Crippen LogP contribution in [0, 0.1) is 18.3 Å². The number of hydrogen-bond donors (Lipinski definition) is 0. The number of nitrogens with zero attached hydrogens (tertiary/aromatic N) is 2. The molecule has 2 aliphatic rings. The standard InChI is InChI=1S/C28H23BrN2O4/c1-4-34-24(32)15-22(28(33)35-5-2)27-26-23(16-30)20-9-7-6-8-10-21(20)25(26)17(3)31(27)19-13-11-18(29)12-14-19/h6-15H,4-5H2,1-3H3/b22-15-. The summed E-state index contributed by atoms with van der Waals surface area (Å²) in [5.74, 6) is -1.33. The van der Waals surface area contributed by atoms with E-state index in [1.54, 1.807) is 13.8 Å². The summed E-state index contributed by atoms with van der Waals surface area (Å²) in [6.07, 6.45) is 1.16. The number of hydrogen-bond acceptors (Lipinski definition) is 5. The molecule has 2 aromatic rings. The number of halogens is 1. The van der Waals surface area contributed by atoms with Crippen molar-refractivity contribution in [2.75, 3.05) is 13.2 Å². The Kier molecular flexibility index (Phi) is 7.04. The van der Waals surface area contributed by atoms with Crippen molar-refractivity contribution >= 4 is 44.2 Å². The lowest BCUT2D eigenvalue weighted by molar-refractivity contribution is -0.139. The maximum absolute atomic E-state index is 13.2. The van der Waals surface area contributed by atoms with Gasteiger partial charge in [0.2, 0.25) is 0 Å². The molecule has 0 atom stereocenters. The summed E-state index contributed by atoms with van der Waals surface area (Å²) in [5.41, 5.74) is 4.13. The van der Waals surface area contributed by atoms with Crippen molar-refractivity contribution in [1.82, 2.24) is 4.57 Å². The molecule has 0 fully saturated rings. The van der Waals surface area contributed by atoms with Crippen LogP contribution in [-0.2, 0) is 19.1 Å². The zero-order valence-electron chi connectivity index (χ0n) is 19.6. The lowest BCUT2D eigenvalue weighted by Crippen LogP contribution is -2.14. The van der Waals surface area contributed by atoms with Crippen LogP contribution in [0.1, 0.15) is 30.8 Å². The van der Waals surface area contributed by atoms with E-state index >= 15 is 0 Å². The zero-order valence-corrected chi connectivity index (χ0v) is 21.2. The Labute approximate surface area is 211 Å². The van der Waals surface area contributed by atoms with Crippen LogP contribution in [0.25, 0.3) is 33.2 Å². The summed E-state index contributed by atoms with van der Waals surface area (Å²) in [6.45, 7) is 5.62. The van der Waals surface area contributed by atoms with Gasteiger partial charge in [0.15, 0.2) is 0 Å². The van der Waals surface area contributed by atoms with Gasteiger partial charge in [0.05, 0.1) is 30.0 Å². The molecule has 7 heteroatoms. The molecule has 2 aliphatic carbocycles. The normalized spacial score (nSPS) is 11.5. The summed E-state index contributed by atoms with van der Waals surface area (Å²) in [7, 11) is 0. The van der Waals surface area contributed by atoms with Crippen LogP contribution in [0.15, 0.2) is 65.1 Å². The predicted molar refractivity (Wildman–Crippen MR) is 138 cm³/mol. The lowest BCUT2D eigenvalue weighted by atomic mass is 10.1. The molecular formula is C28H23BrN2O4. The third-order valence-corrected chi connectivity index (χ3v) is 6.26. The van der Waals surface area contributed by atoms with Crippen LogP contribution in [-0.4, -0.2) is 29.7 Å². The van der Waals surface area contributed by atoms with Crippen molar-refractivity contribution in [2.45, 2.75) is 20.8 Å². The summed E-state index contributed by atoms with van der Waals surface area (Å²) < 4.78 is 13.3. The Morgan fingerprint density at radius 1 is 0.971 bits per heavy atom. The van der Waals surface area contributed by atoms with E-state index in [2.05, 4.69) is 22.0 Å². The largest absolute Gasteiger partial charge is 0.463 e. The number of aryl methyl sites for hydroxylation is 1. The molecular weight excluding hydrogens is 508 g/mol. The second-order valence-corrected chi connectivity index (χ2v) is 8.67. The third kappa shape index (κ3) is 4.33. The number of ether oxygens (including phenoxy) is 2. The summed E-state index contributed by atoms with van der Waals surface area (Å²) >= 11 is 3.47. The van der Waals surface area contributed by atoms with Crippen molar-refractivity contribution in [3.8, 4) is 22.9 Å². The van der Waals surface area contributed by atoms with E-state index in [1.165, 1.54) is 0 Å². The number of carbonyl (C=O) groups excluding carboxylic acids is 2. The van der Waals surface area contributed by atoms with Gasteiger partial charge in [0.25, 0.3) is 0 Å². The van der Waals surface area contributed by atoms with Gasteiger partial charge in [0.1, 0.15) is 6.07 Å². The van der Waals surface area contributed by atoms with Gasteiger partial charge in [-0.15, -0.1) is 0 Å². The Balaban J connectivity index is 2.21. The van der Waals surface area contributed by atoms with E-state index in [0.717, 1.165) is 38.4 Å². The van der Waals surface area contributed by atoms with Crippen molar-refractivity contribution < 1.29 is 19.1 Å². The molecule has 0 saturated heterocycles. The highest BCUT2D eigenvalue weighted by Gasteiger charge is 2.31. The molecule has 0 spiro atoms. The molecule has 1 aromatic heterocycles. The van der Waals surface area contributed by atoms with Crippen LogP contribution >= 0.6 is 15.9 Å². The average Bonchev–Trinajstić information content (AvgIpc) is 3.17. The fourth-order valence-corrected chi connectivity index (χ4v) is 4.66. The first-order chi connectivity index (χ1) is 16.9.